The summed E-state index contributed by atoms with van der Waals surface area (Å²) in [4.78, 5) is 0. The minimum Gasteiger partial charge on any atom is -0.491 e. The third kappa shape index (κ3) is 13.3. The number of aryl methyl sites for hydroxylation is 1. The highest BCUT2D eigenvalue weighted by molar-refractivity contribution is 5.51. The van der Waals surface area contributed by atoms with Crippen LogP contribution in [0.2, 0.25) is 0 Å². The van der Waals surface area contributed by atoms with E-state index in [1.165, 1.54) is 70.6 Å². The second kappa shape index (κ2) is 17.2. The molecule has 0 radical (unpaired) electrons. The lowest BCUT2D eigenvalue weighted by atomic mass is 10.1. The SMILES string of the molecule is CCCCCCCCCCCCCCOc1ccccc1N.Cc1ccco1. The Hall–Kier alpha value is -1.90. The molecule has 2 rings (SSSR count). The van der Waals surface area contributed by atoms with Crippen molar-refractivity contribution in [2.24, 2.45) is 0 Å². The van der Waals surface area contributed by atoms with Crippen molar-refractivity contribution in [3.8, 4) is 5.75 Å². The molecule has 3 heteroatoms. The van der Waals surface area contributed by atoms with Crippen molar-refractivity contribution in [2.45, 2.75) is 90.9 Å². The lowest BCUT2D eigenvalue weighted by Crippen LogP contribution is -2.00. The van der Waals surface area contributed by atoms with Gasteiger partial charge < -0.3 is 14.9 Å². The molecule has 1 aromatic heterocycles. The first-order chi connectivity index (χ1) is 13.7. The topological polar surface area (TPSA) is 48.4 Å². The van der Waals surface area contributed by atoms with Crippen molar-refractivity contribution in [3.05, 3.63) is 48.4 Å². The van der Waals surface area contributed by atoms with Gasteiger partial charge in [-0.1, -0.05) is 89.7 Å². The molecule has 0 atom stereocenters. The fourth-order valence-corrected chi connectivity index (χ4v) is 3.10. The number of hydrogen-bond acceptors (Lipinski definition) is 3. The van der Waals surface area contributed by atoms with Gasteiger partial charge in [0.1, 0.15) is 11.5 Å². The molecule has 0 amide bonds. The van der Waals surface area contributed by atoms with Crippen LogP contribution in [0.5, 0.6) is 5.75 Å². The smallest absolute Gasteiger partial charge is 0.142 e. The zero-order chi connectivity index (χ0) is 20.3. The van der Waals surface area contributed by atoms with E-state index in [1.54, 1.807) is 6.26 Å². The monoisotopic (exact) mass is 387 g/mol. The third-order valence-corrected chi connectivity index (χ3v) is 4.84. The summed E-state index contributed by atoms with van der Waals surface area (Å²) in [6, 6.07) is 11.5. The Labute approximate surface area is 172 Å². The van der Waals surface area contributed by atoms with Gasteiger partial charge in [0.2, 0.25) is 0 Å². The Kier molecular flexibility index (Phi) is 14.8. The summed E-state index contributed by atoms with van der Waals surface area (Å²) in [5.74, 6) is 1.79. The number of benzene rings is 1. The van der Waals surface area contributed by atoms with E-state index in [1.807, 2.05) is 43.3 Å². The molecular weight excluding hydrogens is 346 g/mol. The predicted molar refractivity (Wildman–Crippen MR) is 121 cm³/mol. The van der Waals surface area contributed by atoms with Gasteiger partial charge in [-0.05, 0) is 37.6 Å². The molecule has 2 aromatic rings. The van der Waals surface area contributed by atoms with Gasteiger partial charge in [0.25, 0.3) is 0 Å². The van der Waals surface area contributed by atoms with Crippen LogP contribution >= 0.6 is 0 Å². The van der Waals surface area contributed by atoms with E-state index in [0.717, 1.165) is 30.2 Å². The first kappa shape index (κ1) is 24.1. The van der Waals surface area contributed by atoms with E-state index >= 15 is 0 Å². The summed E-state index contributed by atoms with van der Waals surface area (Å²) in [5, 5.41) is 0. The molecule has 1 heterocycles. The van der Waals surface area contributed by atoms with Crippen molar-refractivity contribution >= 4 is 5.69 Å². The average Bonchev–Trinajstić information content (AvgIpc) is 3.18. The molecule has 1 aromatic carbocycles. The first-order valence-corrected chi connectivity index (χ1v) is 11.2. The lowest BCUT2D eigenvalue weighted by molar-refractivity contribution is 0.306. The normalized spacial score (nSPS) is 10.4. The van der Waals surface area contributed by atoms with Gasteiger partial charge in [0, 0.05) is 0 Å². The molecule has 0 aliphatic rings. The molecule has 0 unspecified atom stereocenters. The highest BCUT2D eigenvalue weighted by atomic mass is 16.5. The van der Waals surface area contributed by atoms with Crippen LogP contribution in [0.3, 0.4) is 0 Å². The Morgan fingerprint density at radius 3 is 1.79 bits per heavy atom. The molecule has 0 aliphatic carbocycles. The fourth-order valence-electron chi connectivity index (χ4n) is 3.10. The van der Waals surface area contributed by atoms with Crippen LogP contribution in [-0.2, 0) is 0 Å². The molecular formula is C25H41NO2. The van der Waals surface area contributed by atoms with Crippen molar-refractivity contribution in [2.75, 3.05) is 12.3 Å². The second-order valence-corrected chi connectivity index (χ2v) is 7.50. The molecule has 0 bridgehead atoms. The van der Waals surface area contributed by atoms with E-state index in [2.05, 4.69) is 6.92 Å². The molecule has 0 saturated heterocycles. The quantitative estimate of drug-likeness (QED) is 0.264. The molecule has 0 spiro atoms. The van der Waals surface area contributed by atoms with Crippen molar-refractivity contribution in [1.82, 2.24) is 0 Å². The Morgan fingerprint density at radius 2 is 1.32 bits per heavy atom. The van der Waals surface area contributed by atoms with Gasteiger partial charge in [-0.2, -0.15) is 0 Å². The van der Waals surface area contributed by atoms with Crippen LogP contribution in [-0.4, -0.2) is 6.61 Å². The van der Waals surface area contributed by atoms with Crippen LogP contribution in [0.15, 0.2) is 47.1 Å². The van der Waals surface area contributed by atoms with E-state index in [-0.39, 0.29) is 0 Å². The van der Waals surface area contributed by atoms with E-state index < -0.39 is 0 Å². The van der Waals surface area contributed by atoms with Gasteiger partial charge in [-0.3, -0.25) is 0 Å². The summed E-state index contributed by atoms with van der Waals surface area (Å²) in [6.07, 6.45) is 18.1. The summed E-state index contributed by atoms with van der Waals surface area (Å²) in [6.45, 7) is 4.98. The van der Waals surface area contributed by atoms with Gasteiger partial charge in [0.15, 0.2) is 0 Å². The number of furan rings is 1. The van der Waals surface area contributed by atoms with Crippen LogP contribution in [0.25, 0.3) is 0 Å². The van der Waals surface area contributed by atoms with Gasteiger partial charge in [-0.25, -0.2) is 0 Å². The van der Waals surface area contributed by atoms with E-state index in [9.17, 15) is 0 Å². The predicted octanol–water partition coefficient (Wildman–Crippen LogP) is 7.94. The van der Waals surface area contributed by atoms with Crippen molar-refractivity contribution in [1.29, 1.82) is 0 Å². The number of hydrogen-bond donors (Lipinski definition) is 1. The number of nitrogens with two attached hydrogens (primary N) is 1. The summed E-state index contributed by atoms with van der Waals surface area (Å²) in [5.41, 5.74) is 6.58. The van der Waals surface area contributed by atoms with Gasteiger partial charge in [0.05, 0.1) is 18.6 Å². The van der Waals surface area contributed by atoms with Crippen LogP contribution < -0.4 is 10.5 Å². The zero-order valence-corrected chi connectivity index (χ0v) is 18.1. The van der Waals surface area contributed by atoms with Crippen LogP contribution in [0.1, 0.15) is 89.7 Å². The molecule has 0 fully saturated rings. The number of unbranched alkanes of at least 4 members (excludes halogenated alkanes) is 11. The number of anilines is 1. The average molecular weight is 388 g/mol. The fraction of sp³-hybridized carbons (Fsp3) is 0.600. The number of rotatable bonds is 14. The van der Waals surface area contributed by atoms with E-state index in [0.29, 0.717) is 0 Å². The minimum atomic E-state index is 0.737. The number of para-hydroxylation sites is 2. The Balaban J connectivity index is 0.000000552. The molecule has 28 heavy (non-hydrogen) atoms. The first-order valence-electron chi connectivity index (χ1n) is 11.2. The standard InChI is InChI=1S/C20H35NO.C5H6O/c1-2-3-4-5-6-7-8-9-10-11-12-15-18-22-20-17-14-13-16-19(20)21;1-5-3-2-4-6-5/h13-14,16-17H,2-12,15,18,21H2,1H3;2-4H,1H3. The molecule has 0 aliphatic heterocycles. The van der Waals surface area contributed by atoms with Crippen molar-refractivity contribution in [3.63, 3.8) is 0 Å². The Morgan fingerprint density at radius 1 is 0.750 bits per heavy atom. The molecule has 0 saturated carbocycles. The Bertz CT molecular complexity index is 566. The largest absolute Gasteiger partial charge is 0.491 e. The summed E-state index contributed by atoms with van der Waals surface area (Å²) in [7, 11) is 0. The maximum absolute atomic E-state index is 5.84. The van der Waals surface area contributed by atoms with Crippen LogP contribution in [0.4, 0.5) is 5.69 Å². The zero-order valence-electron chi connectivity index (χ0n) is 18.1. The highest BCUT2D eigenvalue weighted by Crippen LogP contribution is 2.20. The molecule has 158 valence electrons. The maximum atomic E-state index is 5.84. The maximum Gasteiger partial charge on any atom is 0.142 e. The second-order valence-electron chi connectivity index (χ2n) is 7.50. The highest BCUT2D eigenvalue weighted by Gasteiger charge is 1.98. The van der Waals surface area contributed by atoms with E-state index in [4.69, 9.17) is 14.9 Å². The van der Waals surface area contributed by atoms with Gasteiger partial charge in [-0.15, -0.1) is 0 Å². The molecule has 3 nitrogen and oxygen atoms in total. The minimum absolute atomic E-state index is 0.737. The molecule has 2 N–H and O–H groups in total. The third-order valence-electron chi connectivity index (χ3n) is 4.84. The van der Waals surface area contributed by atoms with Crippen molar-refractivity contribution < 1.29 is 9.15 Å². The summed E-state index contributed by atoms with van der Waals surface area (Å²) < 4.78 is 10.5. The number of ether oxygens (including phenoxy) is 1. The van der Waals surface area contributed by atoms with Crippen LogP contribution in [0, 0.1) is 6.92 Å². The van der Waals surface area contributed by atoms with Gasteiger partial charge >= 0.3 is 0 Å². The summed E-state index contributed by atoms with van der Waals surface area (Å²) >= 11 is 0. The lowest BCUT2D eigenvalue weighted by Gasteiger charge is -2.08. The number of nitrogen functional groups attached to an aromatic ring is 1.